The molecule has 42 heavy (non-hydrogen) atoms. The van der Waals surface area contributed by atoms with Gasteiger partial charge in [0.25, 0.3) is 11.8 Å². The summed E-state index contributed by atoms with van der Waals surface area (Å²) in [5, 5.41) is 17.1. The van der Waals surface area contributed by atoms with Gasteiger partial charge in [0.2, 0.25) is 11.8 Å². The summed E-state index contributed by atoms with van der Waals surface area (Å²) in [4.78, 5) is 46.4. The number of aliphatic hydroxyl groups excluding tert-OH is 1. The standard InChI is InChI=1S/C29H25F2N5O6/c1-32-25(38)20-13-19-22(14-24(20)41-11-10-37)33-9-6-23(19)42-26-21(31)12-18(15-34-26)36-28(40)29(7-8-29)27(39)35-17-4-2-16(30)3-5-17/h2-6,9,12-15,37H,7-8,10-11H2,1H3,(H,32,38)(H,35,39)(H,36,40). The smallest absolute Gasteiger partial charge is 0.256 e. The molecule has 1 fully saturated rings. The van der Waals surface area contributed by atoms with Crippen LogP contribution >= 0.6 is 0 Å². The summed E-state index contributed by atoms with van der Waals surface area (Å²) in [6.07, 6.45) is 3.20. The lowest BCUT2D eigenvalue weighted by Gasteiger charge is -2.16. The molecule has 1 aliphatic carbocycles. The predicted molar refractivity (Wildman–Crippen MR) is 147 cm³/mol. The fourth-order valence-corrected chi connectivity index (χ4v) is 4.21. The number of aromatic nitrogens is 2. The molecule has 5 rings (SSSR count). The number of hydrogen-bond acceptors (Lipinski definition) is 8. The van der Waals surface area contributed by atoms with Crippen molar-refractivity contribution in [3.8, 4) is 17.4 Å². The van der Waals surface area contributed by atoms with Crippen LogP contribution in [0.1, 0.15) is 23.2 Å². The minimum Gasteiger partial charge on any atom is -0.490 e. The molecular weight excluding hydrogens is 552 g/mol. The van der Waals surface area contributed by atoms with Crippen LogP contribution in [-0.2, 0) is 9.59 Å². The number of hydrogen-bond donors (Lipinski definition) is 4. The zero-order valence-electron chi connectivity index (χ0n) is 22.2. The summed E-state index contributed by atoms with van der Waals surface area (Å²) in [6.45, 7) is -0.295. The molecule has 3 amide bonds. The number of benzene rings is 2. The second-order valence-corrected chi connectivity index (χ2v) is 9.44. The number of fused-ring (bicyclic) bond motifs is 1. The van der Waals surface area contributed by atoms with Gasteiger partial charge in [-0.1, -0.05) is 0 Å². The summed E-state index contributed by atoms with van der Waals surface area (Å²) in [5.41, 5.74) is -0.447. The van der Waals surface area contributed by atoms with Crippen molar-refractivity contribution >= 4 is 40.0 Å². The van der Waals surface area contributed by atoms with Gasteiger partial charge in [-0.25, -0.2) is 13.8 Å². The minimum atomic E-state index is -1.34. The van der Waals surface area contributed by atoms with Gasteiger partial charge in [0, 0.05) is 36.5 Å². The number of ether oxygens (including phenoxy) is 2. The average Bonchev–Trinajstić information content (AvgIpc) is 3.80. The maximum atomic E-state index is 15.1. The third kappa shape index (κ3) is 5.81. The van der Waals surface area contributed by atoms with E-state index >= 15 is 4.39 Å². The van der Waals surface area contributed by atoms with E-state index in [0.717, 1.165) is 6.07 Å². The van der Waals surface area contributed by atoms with Crippen LogP contribution in [0.5, 0.6) is 17.4 Å². The van der Waals surface area contributed by atoms with Gasteiger partial charge in [0.15, 0.2) is 5.82 Å². The monoisotopic (exact) mass is 577 g/mol. The lowest BCUT2D eigenvalue weighted by Crippen LogP contribution is -2.35. The first-order valence-corrected chi connectivity index (χ1v) is 12.8. The molecule has 1 saturated carbocycles. The molecule has 0 aliphatic heterocycles. The number of anilines is 2. The second kappa shape index (κ2) is 11.7. The highest BCUT2D eigenvalue weighted by Gasteiger charge is 2.56. The Kier molecular flexibility index (Phi) is 7.93. The molecule has 0 radical (unpaired) electrons. The van der Waals surface area contributed by atoms with Crippen LogP contribution in [0.4, 0.5) is 20.2 Å². The van der Waals surface area contributed by atoms with Crippen LogP contribution < -0.4 is 25.4 Å². The predicted octanol–water partition coefficient (Wildman–Crippen LogP) is 3.79. The normalized spacial score (nSPS) is 13.2. The Hall–Kier alpha value is -5.17. The number of nitrogens with zero attached hydrogens (tertiary/aromatic N) is 2. The zero-order chi connectivity index (χ0) is 29.9. The van der Waals surface area contributed by atoms with Crippen molar-refractivity contribution in [2.24, 2.45) is 5.41 Å². The molecule has 4 aromatic rings. The lowest BCUT2D eigenvalue weighted by atomic mass is 10.0. The molecule has 4 N–H and O–H groups in total. The van der Waals surface area contributed by atoms with E-state index in [-0.39, 0.29) is 36.0 Å². The first-order chi connectivity index (χ1) is 20.2. The third-order valence-corrected chi connectivity index (χ3v) is 6.62. The SMILES string of the molecule is CNC(=O)c1cc2c(Oc3ncc(NC(=O)C4(C(=O)Nc5ccc(F)cc5)CC4)cc3F)ccnc2cc1OCCO. The fourth-order valence-electron chi connectivity index (χ4n) is 4.21. The Morgan fingerprint density at radius 3 is 2.31 bits per heavy atom. The maximum absolute atomic E-state index is 15.1. The Bertz CT molecular complexity index is 1680. The number of aliphatic hydroxyl groups is 1. The van der Waals surface area contributed by atoms with E-state index in [9.17, 15) is 18.8 Å². The van der Waals surface area contributed by atoms with Crippen LogP contribution in [0.25, 0.3) is 10.9 Å². The van der Waals surface area contributed by atoms with Crippen molar-refractivity contribution < 1.29 is 37.7 Å². The molecule has 1 aliphatic rings. The van der Waals surface area contributed by atoms with E-state index in [1.807, 2.05) is 0 Å². The van der Waals surface area contributed by atoms with Crippen molar-refractivity contribution in [3.05, 3.63) is 78.1 Å². The third-order valence-electron chi connectivity index (χ3n) is 6.62. The van der Waals surface area contributed by atoms with Gasteiger partial charge in [0.1, 0.15) is 29.3 Å². The molecule has 2 aromatic carbocycles. The minimum absolute atomic E-state index is 0.0119. The molecule has 0 spiro atoms. The molecule has 11 nitrogen and oxygen atoms in total. The van der Waals surface area contributed by atoms with E-state index in [1.165, 1.54) is 61.9 Å². The summed E-state index contributed by atoms with van der Waals surface area (Å²) in [7, 11) is 1.45. The molecule has 0 atom stereocenters. The van der Waals surface area contributed by atoms with Gasteiger partial charge in [-0.2, -0.15) is 0 Å². The molecule has 2 aromatic heterocycles. The van der Waals surface area contributed by atoms with E-state index in [1.54, 1.807) is 0 Å². The van der Waals surface area contributed by atoms with Gasteiger partial charge in [-0.15, -0.1) is 0 Å². The number of halogens is 2. The van der Waals surface area contributed by atoms with E-state index < -0.39 is 40.7 Å². The number of carbonyl (C=O) groups is 3. The highest BCUT2D eigenvalue weighted by molar-refractivity contribution is 6.16. The molecule has 0 unspecified atom stereocenters. The summed E-state index contributed by atoms with van der Waals surface area (Å²) in [5.74, 6) is -3.04. The van der Waals surface area contributed by atoms with Gasteiger partial charge in [0.05, 0.1) is 29.6 Å². The van der Waals surface area contributed by atoms with Gasteiger partial charge in [-0.3, -0.25) is 19.4 Å². The van der Waals surface area contributed by atoms with Crippen LogP contribution in [-0.4, -0.2) is 53.1 Å². The highest BCUT2D eigenvalue weighted by atomic mass is 19.1. The van der Waals surface area contributed by atoms with E-state index in [2.05, 4.69) is 25.9 Å². The number of nitrogens with one attached hydrogen (secondary N) is 3. The van der Waals surface area contributed by atoms with Crippen molar-refractivity contribution in [2.45, 2.75) is 12.8 Å². The number of amides is 3. The average molecular weight is 578 g/mol. The van der Waals surface area contributed by atoms with E-state index in [0.29, 0.717) is 29.4 Å². The van der Waals surface area contributed by atoms with Crippen LogP contribution in [0, 0.1) is 17.0 Å². The maximum Gasteiger partial charge on any atom is 0.256 e. The van der Waals surface area contributed by atoms with Crippen molar-refractivity contribution in [1.29, 1.82) is 0 Å². The van der Waals surface area contributed by atoms with Crippen molar-refractivity contribution in [1.82, 2.24) is 15.3 Å². The summed E-state index contributed by atoms with van der Waals surface area (Å²) >= 11 is 0. The number of pyridine rings is 2. The molecular formula is C29H25F2N5O6. The van der Waals surface area contributed by atoms with Gasteiger partial charge < -0.3 is 30.5 Å². The Morgan fingerprint density at radius 2 is 1.67 bits per heavy atom. The largest absolute Gasteiger partial charge is 0.490 e. The zero-order valence-corrected chi connectivity index (χ0v) is 22.2. The fraction of sp³-hybridized carbons (Fsp3) is 0.207. The highest BCUT2D eigenvalue weighted by Crippen LogP contribution is 2.47. The molecule has 0 bridgehead atoms. The molecule has 2 heterocycles. The van der Waals surface area contributed by atoms with Crippen LogP contribution in [0.2, 0.25) is 0 Å². The van der Waals surface area contributed by atoms with Crippen molar-refractivity contribution in [3.63, 3.8) is 0 Å². The Balaban J connectivity index is 1.33. The van der Waals surface area contributed by atoms with Crippen LogP contribution in [0.3, 0.4) is 0 Å². The topological polar surface area (TPSA) is 152 Å². The van der Waals surface area contributed by atoms with Gasteiger partial charge in [-0.05, 0) is 49.2 Å². The summed E-state index contributed by atoms with van der Waals surface area (Å²) < 4.78 is 39.4. The van der Waals surface area contributed by atoms with Crippen LogP contribution in [0.15, 0.2) is 60.9 Å². The lowest BCUT2D eigenvalue weighted by molar-refractivity contribution is -0.131. The van der Waals surface area contributed by atoms with Crippen molar-refractivity contribution in [2.75, 3.05) is 30.9 Å². The quantitative estimate of drug-likeness (QED) is 0.208. The first-order valence-electron chi connectivity index (χ1n) is 12.8. The molecule has 0 saturated heterocycles. The molecule has 216 valence electrons. The summed E-state index contributed by atoms with van der Waals surface area (Å²) in [6, 6.07) is 10.6. The van der Waals surface area contributed by atoms with E-state index in [4.69, 9.17) is 14.6 Å². The molecule has 13 heteroatoms. The van der Waals surface area contributed by atoms with Gasteiger partial charge >= 0.3 is 0 Å². The first kappa shape index (κ1) is 28.4. The Morgan fingerprint density at radius 1 is 0.952 bits per heavy atom. The number of carbonyl (C=O) groups excluding carboxylic acids is 3. The Labute approximate surface area is 237 Å². The number of rotatable bonds is 10. The second-order valence-electron chi connectivity index (χ2n) is 9.44.